The Hall–Kier alpha value is -5.02. The molecule has 0 bridgehead atoms. The van der Waals surface area contributed by atoms with Crippen LogP contribution >= 0.6 is 0 Å². The fourth-order valence-electron chi connectivity index (χ4n) is 5.67. The summed E-state index contributed by atoms with van der Waals surface area (Å²) in [5, 5.41) is 2.13. The van der Waals surface area contributed by atoms with Gasteiger partial charge in [0.1, 0.15) is 5.58 Å². The lowest BCUT2D eigenvalue weighted by molar-refractivity contribution is 0.627. The predicted molar refractivity (Wildman–Crippen MR) is 150 cm³/mol. The minimum absolute atomic E-state index is 0.593. The normalized spacial score (nSPS) is 11.8. The van der Waals surface area contributed by atoms with E-state index in [1.165, 1.54) is 22.3 Å². The lowest BCUT2D eigenvalue weighted by atomic mass is 9.94. The summed E-state index contributed by atoms with van der Waals surface area (Å²) in [7, 11) is 0. The highest BCUT2D eigenvalue weighted by Crippen LogP contribution is 2.51. The molecule has 1 aliphatic rings. The van der Waals surface area contributed by atoms with E-state index in [0.29, 0.717) is 11.6 Å². The van der Waals surface area contributed by atoms with Crippen LogP contribution in [0.3, 0.4) is 0 Å². The van der Waals surface area contributed by atoms with Crippen LogP contribution in [0, 0.1) is 0 Å². The molecule has 37 heavy (non-hydrogen) atoms. The quantitative estimate of drug-likeness (QED) is 0.252. The lowest BCUT2D eigenvalue weighted by Gasteiger charge is -2.12. The molecule has 0 radical (unpaired) electrons. The Balaban J connectivity index is 1.51. The molecule has 8 rings (SSSR count). The molecule has 0 fully saturated rings. The molecule has 0 atom stereocenters. The molecule has 2 aromatic heterocycles. The standard InChI is InChI=1S/C34H20N2O/c1-2-11-21(12-3-1)32-27-17-8-9-19-28(27)35-34(36-32)33-31-26-16-7-6-15-24(26)22-13-4-5-14-23(22)25-18-10-20-29(37-33)30(25)31/h1-20H. The molecule has 5 aromatic carbocycles. The van der Waals surface area contributed by atoms with Gasteiger partial charge in [0.15, 0.2) is 11.6 Å². The second-order valence-corrected chi connectivity index (χ2v) is 9.36. The van der Waals surface area contributed by atoms with Crippen LogP contribution < -0.4 is 0 Å². The van der Waals surface area contributed by atoms with E-state index in [1.807, 2.05) is 42.5 Å². The molecule has 2 heterocycles. The van der Waals surface area contributed by atoms with E-state index in [9.17, 15) is 0 Å². The molecular formula is C34H20N2O. The first-order valence-electron chi connectivity index (χ1n) is 12.4. The summed E-state index contributed by atoms with van der Waals surface area (Å²) in [5.41, 5.74) is 10.6. The highest BCUT2D eigenvalue weighted by atomic mass is 16.3. The van der Waals surface area contributed by atoms with Gasteiger partial charge in [0.05, 0.1) is 11.2 Å². The Morgan fingerprint density at radius 3 is 1.92 bits per heavy atom. The van der Waals surface area contributed by atoms with Crippen LogP contribution in [0.4, 0.5) is 0 Å². The number of para-hydroxylation sites is 1. The number of furan rings is 1. The van der Waals surface area contributed by atoms with E-state index >= 15 is 0 Å². The summed E-state index contributed by atoms with van der Waals surface area (Å²) in [5.74, 6) is 1.29. The van der Waals surface area contributed by atoms with Crippen LogP contribution in [0.2, 0.25) is 0 Å². The van der Waals surface area contributed by atoms with Gasteiger partial charge in [0.2, 0.25) is 0 Å². The van der Waals surface area contributed by atoms with E-state index in [-0.39, 0.29) is 0 Å². The smallest absolute Gasteiger partial charge is 0.197 e. The van der Waals surface area contributed by atoms with Crippen LogP contribution in [0.5, 0.6) is 0 Å². The van der Waals surface area contributed by atoms with E-state index < -0.39 is 0 Å². The molecule has 3 heteroatoms. The van der Waals surface area contributed by atoms with Gasteiger partial charge in [-0.2, -0.15) is 0 Å². The SMILES string of the molecule is c1ccc(-c2nc(-c3oc4cccc5c4c3-c3ccccc3-c3ccccc3-5)nc3ccccc23)cc1. The molecule has 3 nitrogen and oxygen atoms in total. The molecule has 172 valence electrons. The minimum Gasteiger partial charge on any atom is -0.452 e. The minimum atomic E-state index is 0.593. The van der Waals surface area contributed by atoms with E-state index in [0.717, 1.165) is 44.3 Å². The number of rotatable bonds is 2. The van der Waals surface area contributed by atoms with Crippen molar-refractivity contribution in [2.45, 2.75) is 0 Å². The third-order valence-corrected chi connectivity index (χ3v) is 7.27. The average Bonchev–Trinajstić information content (AvgIpc) is 3.31. The number of fused-ring (bicyclic) bond motifs is 6. The van der Waals surface area contributed by atoms with Gasteiger partial charge in [0, 0.05) is 21.9 Å². The van der Waals surface area contributed by atoms with Gasteiger partial charge < -0.3 is 4.42 Å². The van der Waals surface area contributed by atoms with Gasteiger partial charge in [-0.25, -0.2) is 9.97 Å². The molecule has 1 aliphatic carbocycles. The predicted octanol–water partition coefficient (Wildman–Crippen LogP) is 9.02. The van der Waals surface area contributed by atoms with Crippen molar-refractivity contribution in [3.8, 4) is 56.2 Å². The van der Waals surface area contributed by atoms with E-state index in [2.05, 4.69) is 78.9 Å². The number of hydrogen-bond donors (Lipinski definition) is 0. The third kappa shape index (κ3) is 2.95. The van der Waals surface area contributed by atoms with Gasteiger partial charge in [-0.05, 0) is 39.9 Å². The monoisotopic (exact) mass is 472 g/mol. The summed E-state index contributed by atoms with van der Waals surface area (Å²) in [4.78, 5) is 10.2. The van der Waals surface area contributed by atoms with Crippen molar-refractivity contribution >= 4 is 21.9 Å². The summed E-state index contributed by atoms with van der Waals surface area (Å²) < 4.78 is 6.64. The lowest BCUT2D eigenvalue weighted by Crippen LogP contribution is -1.95. The average molecular weight is 473 g/mol. The fourth-order valence-corrected chi connectivity index (χ4v) is 5.67. The maximum atomic E-state index is 6.64. The third-order valence-electron chi connectivity index (χ3n) is 7.27. The molecule has 0 unspecified atom stereocenters. The first-order valence-corrected chi connectivity index (χ1v) is 12.4. The number of aromatic nitrogens is 2. The highest BCUT2D eigenvalue weighted by Gasteiger charge is 2.28. The first-order chi connectivity index (χ1) is 18.4. The van der Waals surface area contributed by atoms with E-state index in [4.69, 9.17) is 14.4 Å². The van der Waals surface area contributed by atoms with Crippen LogP contribution in [-0.4, -0.2) is 9.97 Å². The number of nitrogens with zero attached hydrogens (tertiary/aromatic N) is 2. The van der Waals surface area contributed by atoms with Gasteiger partial charge in [-0.1, -0.05) is 109 Å². The summed E-state index contributed by atoms with van der Waals surface area (Å²) in [6, 6.07) is 42.0. The molecule has 0 spiro atoms. The molecule has 0 aliphatic heterocycles. The van der Waals surface area contributed by atoms with Crippen molar-refractivity contribution < 1.29 is 4.42 Å². The second kappa shape index (κ2) is 7.74. The maximum Gasteiger partial charge on any atom is 0.197 e. The zero-order valence-electron chi connectivity index (χ0n) is 19.8. The van der Waals surface area contributed by atoms with Crippen molar-refractivity contribution in [2.24, 2.45) is 0 Å². The van der Waals surface area contributed by atoms with Crippen molar-refractivity contribution in [3.05, 3.63) is 121 Å². The van der Waals surface area contributed by atoms with Crippen LogP contribution in [-0.2, 0) is 0 Å². The molecular weight excluding hydrogens is 452 g/mol. The Morgan fingerprint density at radius 1 is 0.486 bits per heavy atom. The highest BCUT2D eigenvalue weighted by molar-refractivity contribution is 6.15. The van der Waals surface area contributed by atoms with Gasteiger partial charge in [0.25, 0.3) is 0 Å². The van der Waals surface area contributed by atoms with Crippen molar-refractivity contribution in [1.82, 2.24) is 9.97 Å². The zero-order chi connectivity index (χ0) is 24.3. The topological polar surface area (TPSA) is 38.9 Å². The Morgan fingerprint density at radius 2 is 1.11 bits per heavy atom. The van der Waals surface area contributed by atoms with Crippen LogP contribution in [0.1, 0.15) is 0 Å². The van der Waals surface area contributed by atoms with Crippen molar-refractivity contribution in [2.75, 3.05) is 0 Å². The molecule has 0 saturated carbocycles. The van der Waals surface area contributed by atoms with E-state index in [1.54, 1.807) is 0 Å². The summed E-state index contributed by atoms with van der Waals surface area (Å²) in [6.45, 7) is 0. The first kappa shape index (κ1) is 20.2. The van der Waals surface area contributed by atoms with Crippen LogP contribution in [0.25, 0.3) is 78.1 Å². The number of benzene rings is 5. The van der Waals surface area contributed by atoms with Gasteiger partial charge in [-0.3, -0.25) is 0 Å². The van der Waals surface area contributed by atoms with Gasteiger partial charge >= 0.3 is 0 Å². The molecule has 0 saturated heterocycles. The summed E-state index contributed by atoms with van der Waals surface area (Å²) in [6.07, 6.45) is 0. The van der Waals surface area contributed by atoms with Crippen molar-refractivity contribution in [3.63, 3.8) is 0 Å². The maximum absolute atomic E-state index is 6.64. The van der Waals surface area contributed by atoms with Crippen LogP contribution in [0.15, 0.2) is 126 Å². The second-order valence-electron chi connectivity index (χ2n) is 9.36. The zero-order valence-corrected chi connectivity index (χ0v) is 19.8. The Bertz CT molecular complexity index is 1990. The fraction of sp³-hybridized carbons (Fsp3) is 0. The molecule has 7 aromatic rings. The largest absolute Gasteiger partial charge is 0.452 e. The Kier molecular flexibility index (Phi) is 4.23. The Labute approximate surface area is 213 Å². The molecule has 0 amide bonds. The van der Waals surface area contributed by atoms with Crippen molar-refractivity contribution in [1.29, 1.82) is 0 Å². The summed E-state index contributed by atoms with van der Waals surface area (Å²) >= 11 is 0. The van der Waals surface area contributed by atoms with Gasteiger partial charge in [-0.15, -0.1) is 0 Å². The number of hydrogen-bond acceptors (Lipinski definition) is 3. The molecule has 0 N–H and O–H groups in total.